The molecule has 2 heteroatoms. The number of rotatable bonds is 6. The number of nitrogens with zero attached hydrogens (tertiary/aromatic N) is 2. The Kier molecular flexibility index (Phi) is 8.11. The first-order chi connectivity index (χ1) is 30.3. The Morgan fingerprint density at radius 1 is 0.295 bits per heavy atom. The van der Waals surface area contributed by atoms with Crippen molar-refractivity contribution in [1.82, 2.24) is 9.97 Å². The van der Waals surface area contributed by atoms with E-state index in [0.29, 0.717) is 5.82 Å². The van der Waals surface area contributed by atoms with Crippen LogP contribution in [0.15, 0.2) is 231 Å². The number of fused-ring (bicyclic) bond motifs is 7. The fourth-order valence-electron chi connectivity index (χ4n) is 10.1. The largest absolute Gasteiger partial charge is 0.228 e. The predicted molar refractivity (Wildman–Crippen MR) is 254 cm³/mol. The second-order valence-corrected chi connectivity index (χ2v) is 16.0. The number of hydrogen-bond donors (Lipinski definition) is 0. The van der Waals surface area contributed by atoms with Crippen LogP contribution in [0.25, 0.3) is 88.5 Å². The molecule has 1 aliphatic carbocycles. The normalized spacial score (nSPS) is 12.7. The lowest BCUT2D eigenvalue weighted by atomic mass is 9.67. The van der Waals surface area contributed by atoms with E-state index in [-0.39, 0.29) is 0 Å². The molecule has 0 amide bonds. The van der Waals surface area contributed by atoms with Crippen LogP contribution in [0.4, 0.5) is 0 Å². The third kappa shape index (κ3) is 5.50. The standard InChI is InChI=1S/C59H38N2/c1-4-19-41(20-5-1)55-38-56(61-58(60-55)51-30-16-21-39-17-10-12-26-45(39)51)50-35-34-46(48-28-14-15-29-49(48)50)42-31-33-52-54(37-42)59(43-22-6-2-7-23-43,44-24-8-3-9-25-44)53-36-32-40-18-11-13-27-47(40)57(52)53/h1-38H. The molecule has 1 aliphatic rings. The minimum Gasteiger partial charge on any atom is -0.228 e. The maximum Gasteiger partial charge on any atom is 0.161 e. The molecule has 11 aromatic rings. The Bertz CT molecular complexity index is 3420. The van der Waals surface area contributed by atoms with Crippen molar-refractivity contribution in [2.24, 2.45) is 0 Å². The molecule has 0 atom stereocenters. The van der Waals surface area contributed by atoms with Crippen LogP contribution in [0.5, 0.6) is 0 Å². The third-order valence-corrected chi connectivity index (χ3v) is 12.8. The summed E-state index contributed by atoms with van der Waals surface area (Å²) in [5.74, 6) is 0.713. The van der Waals surface area contributed by atoms with Crippen molar-refractivity contribution in [1.29, 1.82) is 0 Å². The average molecular weight is 775 g/mol. The fourth-order valence-corrected chi connectivity index (χ4v) is 10.1. The molecule has 0 N–H and O–H groups in total. The molecule has 284 valence electrons. The van der Waals surface area contributed by atoms with Crippen molar-refractivity contribution in [2.45, 2.75) is 5.41 Å². The number of aromatic nitrogens is 2. The SMILES string of the molecule is c1ccc(-c2cc(-c3ccc(-c4ccc5c(c4)C(c4ccccc4)(c4ccccc4)c4ccc6ccccc6c4-5)c4ccccc34)nc(-c3cccc4ccccc34)n2)cc1. The van der Waals surface area contributed by atoms with Gasteiger partial charge in [0.1, 0.15) is 0 Å². The Balaban J connectivity index is 1.09. The smallest absolute Gasteiger partial charge is 0.161 e. The molecule has 1 heterocycles. The Morgan fingerprint density at radius 2 is 0.836 bits per heavy atom. The molecule has 1 aromatic heterocycles. The molecule has 61 heavy (non-hydrogen) atoms. The van der Waals surface area contributed by atoms with Gasteiger partial charge in [0.05, 0.1) is 16.8 Å². The first-order valence-electron chi connectivity index (χ1n) is 21.0. The molecule has 10 aromatic carbocycles. The first kappa shape index (κ1) is 35.0. The van der Waals surface area contributed by atoms with Gasteiger partial charge in [-0.2, -0.15) is 0 Å². The summed E-state index contributed by atoms with van der Waals surface area (Å²) in [6.07, 6.45) is 0. The molecule has 2 nitrogen and oxygen atoms in total. The van der Waals surface area contributed by atoms with Crippen molar-refractivity contribution in [3.63, 3.8) is 0 Å². The molecule has 0 bridgehead atoms. The molecular formula is C59H38N2. The maximum atomic E-state index is 5.37. The van der Waals surface area contributed by atoms with Gasteiger partial charge in [0.2, 0.25) is 0 Å². The molecular weight excluding hydrogens is 737 g/mol. The van der Waals surface area contributed by atoms with E-state index in [9.17, 15) is 0 Å². The van der Waals surface area contributed by atoms with Crippen molar-refractivity contribution in [3.8, 4) is 56.2 Å². The maximum absolute atomic E-state index is 5.37. The van der Waals surface area contributed by atoms with E-state index in [1.165, 1.54) is 66.1 Å². The van der Waals surface area contributed by atoms with Crippen LogP contribution < -0.4 is 0 Å². The van der Waals surface area contributed by atoms with E-state index in [0.717, 1.165) is 38.9 Å². The summed E-state index contributed by atoms with van der Waals surface area (Å²) in [6, 6.07) is 83.6. The average Bonchev–Trinajstić information content (AvgIpc) is 3.65. The van der Waals surface area contributed by atoms with Gasteiger partial charge >= 0.3 is 0 Å². The van der Waals surface area contributed by atoms with Gasteiger partial charge in [-0.05, 0) is 89.0 Å². The van der Waals surface area contributed by atoms with Crippen LogP contribution in [0.3, 0.4) is 0 Å². The second kappa shape index (κ2) is 14.1. The highest BCUT2D eigenvalue weighted by atomic mass is 14.9. The van der Waals surface area contributed by atoms with Crippen molar-refractivity contribution in [2.75, 3.05) is 0 Å². The predicted octanol–water partition coefficient (Wildman–Crippen LogP) is 15.0. The van der Waals surface area contributed by atoms with Crippen molar-refractivity contribution >= 4 is 32.3 Å². The minimum absolute atomic E-state index is 0.518. The van der Waals surface area contributed by atoms with Crippen LogP contribution >= 0.6 is 0 Å². The highest BCUT2D eigenvalue weighted by molar-refractivity contribution is 6.08. The van der Waals surface area contributed by atoms with Gasteiger partial charge in [0, 0.05) is 16.7 Å². The number of hydrogen-bond acceptors (Lipinski definition) is 2. The van der Waals surface area contributed by atoms with Crippen LogP contribution in [0, 0.1) is 0 Å². The summed E-state index contributed by atoms with van der Waals surface area (Å²) in [7, 11) is 0. The van der Waals surface area contributed by atoms with Crippen LogP contribution in [0.1, 0.15) is 22.3 Å². The van der Waals surface area contributed by atoms with E-state index >= 15 is 0 Å². The lowest BCUT2D eigenvalue weighted by Gasteiger charge is -2.34. The molecule has 0 fully saturated rings. The molecule has 0 radical (unpaired) electrons. The second-order valence-electron chi connectivity index (χ2n) is 16.0. The van der Waals surface area contributed by atoms with Gasteiger partial charge in [-0.15, -0.1) is 0 Å². The molecule has 0 saturated carbocycles. The Morgan fingerprint density at radius 3 is 1.56 bits per heavy atom. The van der Waals surface area contributed by atoms with Crippen molar-refractivity contribution in [3.05, 3.63) is 253 Å². The zero-order valence-corrected chi connectivity index (χ0v) is 33.3. The zero-order chi connectivity index (χ0) is 40.3. The molecule has 0 spiro atoms. The summed E-state index contributed by atoms with van der Waals surface area (Å²) < 4.78 is 0. The first-order valence-corrected chi connectivity index (χ1v) is 21.0. The Labute approximate surface area is 355 Å². The van der Waals surface area contributed by atoms with Gasteiger partial charge in [-0.1, -0.05) is 218 Å². The number of benzene rings is 10. The lowest BCUT2D eigenvalue weighted by molar-refractivity contribution is 0.769. The summed E-state index contributed by atoms with van der Waals surface area (Å²) in [5, 5.41) is 7.15. The van der Waals surface area contributed by atoms with Gasteiger partial charge in [-0.3, -0.25) is 0 Å². The van der Waals surface area contributed by atoms with Gasteiger partial charge in [-0.25, -0.2) is 9.97 Å². The third-order valence-electron chi connectivity index (χ3n) is 12.8. The van der Waals surface area contributed by atoms with E-state index in [1.807, 2.05) is 6.07 Å². The quantitative estimate of drug-likeness (QED) is 0.168. The zero-order valence-electron chi connectivity index (χ0n) is 33.3. The van der Waals surface area contributed by atoms with Crippen LogP contribution in [0.2, 0.25) is 0 Å². The molecule has 0 unspecified atom stereocenters. The van der Waals surface area contributed by atoms with Crippen molar-refractivity contribution < 1.29 is 0 Å². The summed E-state index contributed by atoms with van der Waals surface area (Å²) in [5.41, 5.74) is 14.5. The van der Waals surface area contributed by atoms with Crippen LogP contribution in [-0.2, 0) is 5.41 Å². The summed E-state index contributed by atoms with van der Waals surface area (Å²) in [6.45, 7) is 0. The molecule has 0 saturated heterocycles. The highest BCUT2D eigenvalue weighted by Gasteiger charge is 2.46. The van der Waals surface area contributed by atoms with Gasteiger partial charge < -0.3 is 0 Å². The lowest BCUT2D eigenvalue weighted by Crippen LogP contribution is -2.28. The Hall–Kier alpha value is -7.94. The van der Waals surface area contributed by atoms with E-state index < -0.39 is 5.41 Å². The van der Waals surface area contributed by atoms with Gasteiger partial charge in [0.15, 0.2) is 5.82 Å². The molecule has 12 rings (SSSR count). The van der Waals surface area contributed by atoms with Crippen LogP contribution in [-0.4, -0.2) is 9.97 Å². The molecule has 0 aliphatic heterocycles. The van der Waals surface area contributed by atoms with E-state index in [2.05, 4.69) is 224 Å². The monoisotopic (exact) mass is 774 g/mol. The minimum atomic E-state index is -0.518. The van der Waals surface area contributed by atoms with E-state index in [1.54, 1.807) is 0 Å². The summed E-state index contributed by atoms with van der Waals surface area (Å²) in [4.78, 5) is 10.6. The topological polar surface area (TPSA) is 25.8 Å². The summed E-state index contributed by atoms with van der Waals surface area (Å²) >= 11 is 0. The van der Waals surface area contributed by atoms with E-state index in [4.69, 9.17) is 9.97 Å². The highest BCUT2D eigenvalue weighted by Crippen LogP contribution is 2.58. The van der Waals surface area contributed by atoms with Gasteiger partial charge in [0.25, 0.3) is 0 Å². The fraction of sp³-hybridized carbons (Fsp3) is 0.0169.